The van der Waals surface area contributed by atoms with Gasteiger partial charge >= 0.3 is 12.1 Å². The van der Waals surface area contributed by atoms with Crippen molar-refractivity contribution in [3.8, 4) is 5.75 Å². The molecular weight excluding hydrogens is 251 g/mol. The second-order valence-electron chi connectivity index (χ2n) is 2.91. The topological polar surface area (TPSA) is 75.1 Å². The van der Waals surface area contributed by atoms with E-state index in [1.807, 2.05) is 0 Å². The summed E-state index contributed by atoms with van der Waals surface area (Å²) < 4.78 is 40.8. The van der Waals surface area contributed by atoms with Crippen molar-refractivity contribution < 1.29 is 22.7 Å². The van der Waals surface area contributed by atoms with E-state index in [1.54, 1.807) is 0 Å². The summed E-state index contributed by atoms with van der Waals surface area (Å²) in [5, 5.41) is 2.92. The van der Waals surface area contributed by atoms with Crippen LogP contribution in [0.3, 0.4) is 0 Å². The van der Waals surface area contributed by atoms with E-state index >= 15 is 0 Å². The van der Waals surface area contributed by atoms with Crippen molar-refractivity contribution in [2.24, 2.45) is 5.11 Å². The highest BCUT2D eigenvalue weighted by Crippen LogP contribution is 2.30. The molecule has 0 atom stereocenters. The average Bonchev–Trinajstić information content (AvgIpc) is 2.28. The fraction of sp³-hybridized carbons (Fsp3) is 0.300. The van der Waals surface area contributed by atoms with Gasteiger partial charge in [0.25, 0.3) is 0 Å². The van der Waals surface area contributed by atoms with Crippen LogP contribution < -0.4 is 4.74 Å². The van der Waals surface area contributed by atoms with Gasteiger partial charge in [0, 0.05) is 18.9 Å². The smallest absolute Gasteiger partial charge is 0.416 e. The minimum Gasteiger partial charge on any atom is -0.427 e. The Labute approximate surface area is 101 Å². The van der Waals surface area contributed by atoms with Crippen LogP contribution in [0.4, 0.5) is 13.2 Å². The molecule has 1 aromatic carbocycles. The predicted molar refractivity (Wildman–Crippen MR) is 57.8 cm³/mol. The molecule has 0 aromatic heterocycles. The van der Waals surface area contributed by atoms with Crippen LogP contribution in [0.1, 0.15) is 12.5 Å². The van der Waals surface area contributed by atoms with Crippen molar-refractivity contribution in [3.05, 3.63) is 40.3 Å². The minimum atomic E-state index is -4.37. The number of esters is 1. The van der Waals surface area contributed by atoms with E-state index < -0.39 is 17.7 Å². The van der Waals surface area contributed by atoms with Crippen molar-refractivity contribution in [3.63, 3.8) is 0 Å². The van der Waals surface area contributed by atoms with Gasteiger partial charge in [-0.05, 0) is 29.8 Å². The molecule has 0 radical (unpaired) electrons. The largest absolute Gasteiger partial charge is 0.427 e. The molecule has 8 heteroatoms. The lowest BCUT2D eigenvalue weighted by Gasteiger charge is -2.06. The number of halogens is 3. The normalized spacial score (nSPS) is 9.61. The zero-order chi connectivity index (χ0) is 14.2. The van der Waals surface area contributed by atoms with Gasteiger partial charge < -0.3 is 4.74 Å². The number of alkyl halides is 3. The van der Waals surface area contributed by atoms with Crippen LogP contribution in [0, 0.1) is 0 Å². The molecule has 0 aliphatic heterocycles. The molecule has 0 fully saturated rings. The fourth-order valence-corrected chi connectivity index (χ4v) is 0.878. The third-order valence-electron chi connectivity index (χ3n) is 1.53. The van der Waals surface area contributed by atoms with Crippen LogP contribution in [-0.2, 0) is 11.0 Å². The first kappa shape index (κ1) is 15.8. The Balaban J connectivity index is 0.000000631. The number of carbonyl (C=O) groups is 1. The van der Waals surface area contributed by atoms with Crippen LogP contribution in [0.2, 0.25) is 0 Å². The van der Waals surface area contributed by atoms with Crippen molar-refractivity contribution in [2.75, 3.05) is 7.05 Å². The van der Waals surface area contributed by atoms with E-state index in [2.05, 4.69) is 14.8 Å². The monoisotopic (exact) mass is 261 g/mol. The van der Waals surface area contributed by atoms with Gasteiger partial charge in [-0.1, -0.05) is 5.11 Å². The highest BCUT2D eigenvalue weighted by atomic mass is 19.4. The Morgan fingerprint density at radius 2 is 1.78 bits per heavy atom. The number of ether oxygens (including phenoxy) is 1. The molecule has 0 amide bonds. The zero-order valence-corrected chi connectivity index (χ0v) is 9.60. The Morgan fingerprint density at radius 1 is 1.33 bits per heavy atom. The SMILES string of the molecule is CC(=O)Oc1ccc(C(F)(F)F)cc1.CN=[N+]=[N-]. The predicted octanol–water partition coefficient (Wildman–Crippen LogP) is 3.56. The molecule has 98 valence electrons. The highest BCUT2D eigenvalue weighted by molar-refractivity contribution is 5.69. The first-order valence-corrected chi connectivity index (χ1v) is 4.60. The molecule has 0 bridgehead atoms. The maximum atomic E-state index is 12.1. The third-order valence-corrected chi connectivity index (χ3v) is 1.53. The molecule has 0 spiro atoms. The van der Waals surface area contributed by atoms with Crippen LogP contribution >= 0.6 is 0 Å². The van der Waals surface area contributed by atoms with Gasteiger partial charge in [-0.25, -0.2) is 0 Å². The van der Waals surface area contributed by atoms with Gasteiger partial charge in [0.1, 0.15) is 5.75 Å². The summed E-state index contributed by atoms with van der Waals surface area (Å²) in [4.78, 5) is 12.8. The van der Waals surface area contributed by atoms with Crippen LogP contribution in [0.25, 0.3) is 10.4 Å². The molecular formula is C10H10F3N3O2. The maximum Gasteiger partial charge on any atom is 0.416 e. The summed E-state index contributed by atoms with van der Waals surface area (Å²) in [6.45, 7) is 1.18. The molecule has 0 aliphatic carbocycles. The molecule has 18 heavy (non-hydrogen) atoms. The van der Waals surface area contributed by atoms with Crippen LogP contribution in [0.5, 0.6) is 5.75 Å². The maximum absolute atomic E-state index is 12.1. The van der Waals surface area contributed by atoms with Crippen molar-refractivity contribution in [1.82, 2.24) is 0 Å². The Morgan fingerprint density at radius 3 is 2.06 bits per heavy atom. The molecule has 0 saturated carbocycles. The van der Waals surface area contributed by atoms with Gasteiger partial charge in [0.15, 0.2) is 0 Å². The lowest BCUT2D eigenvalue weighted by atomic mass is 10.2. The summed E-state index contributed by atoms with van der Waals surface area (Å²) in [6.07, 6.45) is -4.37. The molecule has 0 N–H and O–H groups in total. The number of azide groups is 1. The molecule has 5 nitrogen and oxygen atoms in total. The van der Waals surface area contributed by atoms with E-state index in [9.17, 15) is 18.0 Å². The van der Waals surface area contributed by atoms with Gasteiger partial charge in [0.05, 0.1) is 5.56 Å². The molecule has 1 rings (SSSR count). The quantitative estimate of drug-likeness (QED) is 0.255. The summed E-state index contributed by atoms with van der Waals surface area (Å²) in [7, 11) is 1.39. The van der Waals surface area contributed by atoms with Crippen LogP contribution in [0.15, 0.2) is 29.4 Å². The number of hydrogen-bond acceptors (Lipinski definition) is 3. The second kappa shape index (κ2) is 7.18. The number of benzene rings is 1. The first-order chi connectivity index (χ1) is 8.31. The fourth-order valence-electron chi connectivity index (χ4n) is 0.878. The summed E-state index contributed by atoms with van der Waals surface area (Å²) in [5.74, 6) is -0.463. The first-order valence-electron chi connectivity index (χ1n) is 4.60. The summed E-state index contributed by atoms with van der Waals surface area (Å²) in [5.41, 5.74) is 6.56. The number of nitrogens with zero attached hydrogens (tertiary/aromatic N) is 3. The third kappa shape index (κ3) is 6.39. The lowest BCUT2D eigenvalue weighted by molar-refractivity contribution is -0.137. The molecule has 1 aromatic rings. The van der Waals surface area contributed by atoms with Crippen molar-refractivity contribution >= 4 is 5.97 Å². The standard InChI is InChI=1S/C9H7F3O2.CH3N3/c1-6(13)14-8-4-2-7(3-5-8)9(10,11)12;1-3-4-2/h2-5H,1H3;1H3. The van der Waals surface area contributed by atoms with E-state index in [0.29, 0.717) is 0 Å². The van der Waals surface area contributed by atoms with Crippen molar-refractivity contribution in [2.45, 2.75) is 13.1 Å². The van der Waals surface area contributed by atoms with Crippen molar-refractivity contribution in [1.29, 1.82) is 0 Å². The number of hydrogen-bond donors (Lipinski definition) is 0. The van der Waals surface area contributed by atoms with Gasteiger partial charge in [-0.2, -0.15) is 13.2 Å². The Bertz CT molecular complexity index is 437. The Hall–Kier alpha value is -2.21. The number of carbonyl (C=O) groups excluding carboxylic acids is 1. The van der Waals surface area contributed by atoms with E-state index in [4.69, 9.17) is 5.53 Å². The van der Waals surface area contributed by atoms with Gasteiger partial charge in [-0.15, -0.1) is 0 Å². The summed E-state index contributed by atoms with van der Waals surface area (Å²) >= 11 is 0. The van der Waals surface area contributed by atoms with Gasteiger partial charge in [-0.3, -0.25) is 4.79 Å². The van der Waals surface area contributed by atoms with E-state index in [1.165, 1.54) is 14.0 Å². The molecule has 0 aliphatic rings. The van der Waals surface area contributed by atoms with Crippen LogP contribution in [-0.4, -0.2) is 13.0 Å². The summed E-state index contributed by atoms with van der Waals surface area (Å²) in [6, 6.07) is 3.92. The molecule has 0 heterocycles. The van der Waals surface area contributed by atoms with Gasteiger partial charge in [0.2, 0.25) is 0 Å². The highest BCUT2D eigenvalue weighted by Gasteiger charge is 2.30. The van der Waals surface area contributed by atoms with E-state index in [0.717, 1.165) is 24.3 Å². The lowest BCUT2D eigenvalue weighted by Crippen LogP contribution is -2.05. The minimum absolute atomic E-state index is 0.102. The number of rotatable bonds is 1. The van der Waals surface area contributed by atoms with E-state index in [-0.39, 0.29) is 5.75 Å². The average molecular weight is 261 g/mol. The second-order valence-corrected chi connectivity index (χ2v) is 2.91. The molecule has 0 unspecified atom stereocenters. The Kier molecular flexibility index (Phi) is 6.30. The zero-order valence-electron chi connectivity index (χ0n) is 9.60. The molecule has 0 saturated heterocycles.